The number of rotatable bonds is 7. The molecule has 2 aromatic carbocycles. The number of likely N-dealkylation sites (N-methyl/N-ethyl adjacent to an activating group) is 2. The van der Waals surface area contributed by atoms with E-state index in [2.05, 4.69) is 115 Å². The van der Waals surface area contributed by atoms with Crippen LogP contribution in [0.3, 0.4) is 0 Å². The van der Waals surface area contributed by atoms with Crippen molar-refractivity contribution in [2.45, 2.75) is 100 Å². The Bertz CT molecular complexity index is 2430. The van der Waals surface area contributed by atoms with Crippen molar-refractivity contribution in [3.63, 3.8) is 0 Å². The molecule has 1 aliphatic carbocycles. The lowest BCUT2D eigenvalue weighted by molar-refractivity contribution is -0.136. The summed E-state index contributed by atoms with van der Waals surface area (Å²) >= 11 is 15.4. The number of aromatic nitrogens is 8. The molecule has 2 atom stereocenters. The van der Waals surface area contributed by atoms with Gasteiger partial charge in [0.25, 0.3) is 0 Å². The number of fused-ring (bicyclic) bond motifs is 2. The number of aryl methyl sites for hydroxylation is 2. The minimum Gasteiger partial charge on any atom is -0.377 e. The number of likely N-dealkylation sites (tertiary alicyclic amines) is 2. The van der Waals surface area contributed by atoms with Gasteiger partial charge in [0.1, 0.15) is 5.69 Å². The molecule has 6 aromatic rings. The Morgan fingerprint density at radius 2 is 1.18 bits per heavy atom. The van der Waals surface area contributed by atoms with Gasteiger partial charge < -0.3 is 20.1 Å². The van der Waals surface area contributed by atoms with Gasteiger partial charge in [-0.15, -0.1) is 0 Å². The van der Waals surface area contributed by atoms with Crippen LogP contribution < -0.4 is 10.6 Å². The molecule has 1 unspecified atom stereocenters. The van der Waals surface area contributed by atoms with E-state index in [1.807, 2.05) is 62.0 Å². The van der Waals surface area contributed by atoms with Crippen molar-refractivity contribution in [1.29, 1.82) is 0 Å². The van der Waals surface area contributed by atoms with E-state index in [-0.39, 0.29) is 11.1 Å². The number of aromatic amines is 1. The first-order chi connectivity index (χ1) is 31.4. The second kappa shape index (κ2) is 21.4. The molecule has 0 bridgehead atoms. The van der Waals surface area contributed by atoms with Gasteiger partial charge in [-0.1, -0.05) is 36.0 Å². The van der Waals surface area contributed by atoms with Gasteiger partial charge in [0, 0.05) is 53.2 Å². The molecule has 65 heavy (non-hydrogen) atoms. The van der Waals surface area contributed by atoms with E-state index in [1.165, 1.54) is 40.4 Å². The van der Waals surface area contributed by atoms with Crippen molar-refractivity contribution >= 4 is 67.6 Å². The Morgan fingerprint density at radius 3 is 1.63 bits per heavy atom. The summed E-state index contributed by atoms with van der Waals surface area (Å²) in [5, 5.41) is 30.4. The van der Waals surface area contributed by atoms with E-state index in [9.17, 15) is 0 Å². The minimum absolute atomic E-state index is 0.234. The standard InChI is InChI=1S/C20H24ClN5O.C16H20ClN3O.C8H18N2.C4H5IN2/c1-20(12-27-13-20)25-5-3-14(4-6-25)17-8-19-15(7-18(17)21)9-23-26(19)16-10-22-24(2)11-16;1-16(9-21-10-16)20-4-2-11(3-5-20)13-7-15-12(6-14(13)17)8-18-19-15;1-9-7-5-3-4-6-8(7)10-2;1-7-3-4(5)2-6-7/h7-11,14H,3-6,12-13H2,1-2H3;6-8,11H,2-5,9-10H2,1H3,(H,18,19);7-10H,3-6H2,1-2H3;2-3H,1H3/t;;7-,8?;/m..1./s1. The quantitative estimate of drug-likeness (QED) is 0.134. The molecule has 17 heteroatoms. The number of nitrogens with zero attached hydrogens (tertiary/aromatic N) is 9. The maximum Gasteiger partial charge on any atom is 0.103 e. The topological polar surface area (TPSA) is 131 Å². The molecular formula is C48H67Cl2IN12O2. The van der Waals surface area contributed by atoms with Crippen LogP contribution >= 0.6 is 45.8 Å². The van der Waals surface area contributed by atoms with E-state index in [0.29, 0.717) is 23.9 Å². The minimum atomic E-state index is 0.234. The number of H-pyrrole nitrogens is 1. The first-order valence-electron chi connectivity index (χ1n) is 23.3. The van der Waals surface area contributed by atoms with Gasteiger partial charge in [0.15, 0.2) is 0 Å². The van der Waals surface area contributed by atoms with Crippen LogP contribution in [0.25, 0.3) is 27.5 Å². The second-order valence-electron chi connectivity index (χ2n) is 19.1. The molecular weight excluding hydrogens is 974 g/mol. The molecule has 3 N–H and O–H groups in total. The van der Waals surface area contributed by atoms with Crippen molar-refractivity contribution in [2.75, 3.05) is 66.7 Å². The fourth-order valence-corrected chi connectivity index (χ4v) is 11.4. The van der Waals surface area contributed by atoms with Crippen LogP contribution in [0.4, 0.5) is 0 Å². The van der Waals surface area contributed by atoms with E-state index >= 15 is 0 Å². The van der Waals surface area contributed by atoms with Crippen LogP contribution in [-0.2, 0) is 23.6 Å². The summed E-state index contributed by atoms with van der Waals surface area (Å²) in [5.41, 5.74) is 6.14. The molecule has 5 fully saturated rings. The summed E-state index contributed by atoms with van der Waals surface area (Å²) in [5.74, 6) is 1.03. The lowest BCUT2D eigenvalue weighted by Gasteiger charge is -2.50. The van der Waals surface area contributed by atoms with Gasteiger partial charge >= 0.3 is 0 Å². The Labute approximate surface area is 407 Å². The molecule has 11 rings (SSSR count). The zero-order chi connectivity index (χ0) is 45.7. The van der Waals surface area contributed by atoms with Crippen LogP contribution in [0.5, 0.6) is 0 Å². The average molecular weight is 1040 g/mol. The maximum atomic E-state index is 6.67. The Balaban J connectivity index is 0.000000133. The molecule has 4 aromatic heterocycles. The Morgan fingerprint density at radius 1 is 0.662 bits per heavy atom. The predicted molar refractivity (Wildman–Crippen MR) is 270 cm³/mol. The van der Waals surface area contributed by atoms with Crippen LogP contribution in [-0.4, -0.2) is 139 Å². The highest BCUT2D eigenvalue weighted by atomic mass is 127. The molecule has 8 heterocycles. The fraction of sp³-hybridized carbons (Fsp3) is 0.583. The summed E-state index contributed by atoms with van der Waals surface area (Å²) in [4.78, 5) is 5.16. The van der Waals surface area contributed by atoms with Crippen LogP contribution in [0.2, 0.25) is 10.0 Å². The highest BCUT2D eigenvalue weighted by Crippen LogP contribution is 2.40. The van der Waals surface area contributed by atoms with Gasteiger partial charge in [-0.3, -0.25) is 24.3 Å². The number of ether oxygens (including phenoxy) is 2. The van der Waals surface area contributed by atoms with Gasteiger partial charge in [0.2, 0.25) is 0 Å². The largest absolute Gasteiger partial charge is 0.377 e. The molecule has 1 saturated carbocycles. The normalized spacial score (nSPS) is 22.5. The van der Waals surface area contributed by atoms with Crippen LogP contribution in [0, 0.1) is 3.57 Å². The summed E-state index contributed by atoms with van der Waals surface area (Å²) in [6.45, 7) is 12.5. The third kappa shape index (κ3) is 11.3. The number of hydrogen-bond acceptors (Lipinski definition) is 10. The highest BCUT2D eigenvalue weighted by Gasteiger charge is 2.42. The first kappa shape index (κ1) is 48.3. The highest BCUT2D eigenvalue weighted by molar-refractivity contribution is 14.1. The van der Waals surface area contributed by atoms with Crippen molar-refractivity contribution in [3.8, 4) is 5.69 Å². The summed E-state index contributed by atoms with van der Waals surface area (Å²) in [7, 11) is 7.93. The molecule has 4 aliphatic heterocycles. The van der Waals surface area contributed by atoms with Crippen molar-refractivity contribution in [1.82, 2.24) is 60.0 Å². The summed E-state index contributed by atoms with van der Waals surface area (Å²) in [6.07, 6.45) is 21.3. The maximum absolute atomic E-state index is 6.67. The third-order valence-corrected chi connectivity index (χ3v) is 15.6. The lowest BCUT2D eigenvalue weighted by Crippen LogP contribution is -2.61. The number of piperidine rings is 2. The number of nitrogens with one attached hydrogen (secondary N) is 3. The van der Waals surface area contributed by atoms with Crippen molar-refractivity contribution in [3.05, 3.63) is 86.2 Å². The average Bonchev–Trinajstić information content (AvgIpc) is 4.12. The van der Waals surface area contributed by atoms with E-state index < -0.39 is 0 Å². The Kier molecular flexibility index (Phi) is 15.9. The molecule has 5 aliphatic rings. The number of hydrogen-bond donors (Lipinski definition) is 3. The lowest BCUT2D eigenvalue weighted by atomic mass is 9.86. The third-order valence-electron chi connectivity index (χ3n) is 14.4. The van der Waals surface area contributed by atoms with E-state index in [4.69, 9.17) is 32.7 Å². The van der Waals surface area contributed by atoms with Crippen LogP contribution in [0.15, 0.2) is 61.4 Å². The van der Waals surface area contributed by atoms with Crippen molar-refractivity contribution in [2.24, 2.45) is 14.1 Å². The Hall–Kier alpha value is -3.13. The van der Waals surface area contributed by atoms with Crippen molar-refractivity contribution < 1.29 is 9.47 Å². The van der Waals surface area contributed by atoms with Gasteiger partial charge in [-0.05, 0) is 162 Å². The van der Waals surface area contributed by atoms with Crippen LogP contribution in [0.1, 0.15) is 88.2 Å². The smallest absolute Gasteiger partial charge is 0.103 e. The molecule has 14 nitrogen and oxygen atoms in total. The molecule has 0 radical (unpaired) electrons. The molecule has 352 valence electrons. The zero-order valence-electron chi connectivity index (χ0n) is 38.9. The van der Waals surface area contributed by atoms with E-state index in [0.717, 1.165) is 116 Å². The first-order valence-corrected chi connectivity index (χ1v) is 25.1. The molecule has 0 spiro atoms. The van der Waals surface area contributed by atoms with E-state index in [1.54, 1.807) is 9.36 Å². The molecule has 0 amide bonds. The fourth-order valence-electron chi connectivity index (χ4n) is 10.2. The molecule has 4 saturated heterocycles. The monoisotopic (exact) mass is 1040 g/mol. The van der Waals surface area contributed by atoms with Gasteiger partial charge in [-0.2, -0.15) is 20.4 Å². The second-order valence-corrected chi connectivity index (χ2v) is 21.2. The van der Waals surface area contributed by atoms with Gasteiger partial charge in [-0.25, -0.2) is 4.68 Å². The summed E-state index contributed by atoms with van der Waals surface area (Å²) < 4.78 is 17.5. The number of halogens is 3. The van der Waals surface area contributed by atoms with Gasteiger partial charge in [0.05, 0.1) is 83.1 Å². The zero-order valence-corrected chi connectivity index (χ0v) is 42.5. The SMILES string of the molecule is CC1(N2CCC(c3cc4[nH]ncc4cc3Cl)CC2)COC1.CNC1CCCC[C@H]1NC.Cn1cc(-n2ncc3cc(Cl)c(C4CCN(C5(C)COC5)CC4)cc32)cn1.Cn1cc(I)cn1. The summed E-state index contributed by atoms with van der Waals surface area (Å²) in [6, 6.07) is 9.91. The number of benzene rings is 2. The predicted octanol–water partition coefficient (Wildman–Crippen LogP) is 8.33.